The molecule has 0 radical (unpaired) electrons. The molecule has 0 saturated carbocycles. The summed E-state index contributed by atoms with van der Waals surface area (Å²) >= 11 is 0. The van der Waals surface area contributed by atoms with Crippen LogP contribution in [0.15, 0.2) is 6.20 Å². The molecule has 84 valence electrons. The van der Waals surface area contributed by atoms with E-state index >= 15 is 0 Å². The number of H-pyrrole nitrogens is 1. The van der Waals surface area contributed by atoms with Gasteiger partial charge in [-0.3, -0.25) is 9.89 Å². The SMILES string of the molecule is CCC(C)(CC)NC(=O)c1cn[nH]c1N. The fraction of sp³-hybridized carbons (Fsp3) is 0.600. The van der Waals surface area contributed by atoms with Gasteiger partial charge in [-0.1, -0.05) is 13.8 Å². The van der Waals surface area contributed by atoms with Gasteiger partial charge in [-0.05, 0) is 19.8 Å². The first-order valence-corrected chi connectivity index (χ1v) is 5.13. The van der Waals surface area contributed by atoms with Crippen LogP contribution in [-0.4, -0.2) is 21.6 Å². The summed E-state index contributed by atoms with van der Waals surface area (Å²) in [6.07, 6.45) is 3.20. The van der Waals surface area contributed by atoms with E-state index in [1.807, 2.05) is 20.8 Å². The van der Waals surface area contributed by atoms with Crippen molar-refractivity contribution in [1.82, 2.24) is 15.5 Å². The Hall–Kier alpha value is -1.52. The molecule has 0 aliphatic carbocycles. The van der Waals surface area contributed by atoms with Crippen LogP contribution in [0.2, 0.25) is 0 Å². The van der Waals surface area contributed by atoms with Gasteiger partial charge in [0.15, 0.2) is 0 Å². The molecule has 5 nitrogen and oxygen atoms in total. The van der Waals surface area contributed by atoms with Crippen LogP contribution in [0.5, 0.6) is 0 Å². The first-order chi connectivity index (χ1) is 7.02. The van der Waals surface area contributed by atoms with E-state index in [0.29, 0.717) is 11.4 Å². The van der Waals surface area contributed by atoms with Crippen LogP contribution in [0.3, 0.4) is 0 Å². The molecule has 0 fully saturated rings. The smallest absolute Gasteiger partial charge is 0.257 e. The molecule has 0 aromatic carbocycles. The van der Waals surface area contributed by atoms with Crippen LogP contribution < -0.4 is 11.1 Å². The highest BCUT2D eigenvalue weighted by atomic mass is 16.1. The van der Waals surface area contributed by atoms with Crippen molar-refractivity contribution in [1.29, 1.82) is 0 Å². The summed E-state index contributed by atoms with van der Waals surface area (Å²) in [7, 11) is 0. The zero-order valence-electron chi connectivity index (χ0n) is 9.42. The van der Waals surface area contributed by atoms with E-state index in [0.717, 1.165) is 12.8 Å². The summed E-state index contributed by atoms with van der Waals surface area (Å²) < 4.78 is 0. The molecule has 1 aromatic rings. The van der Waals surface area contributed by atoms with Crippen molar-refractivity contribution in [3.8, 4) is 0 Å². The Morgan fingerprint density at radius 2 is 2.20 bits per heavy atom. The summed E-state index contributed by atoms with van der Waals surface area (Å²) in [5, 5.41) is 9.21. The molecule has 1 amide bonds. The Labute approximate surface area is 89.4 Å². The van der Waals surface area contributed by atoms with Gasteiger partial charge in [-0.15, -0.1) is 0 Å². The van der Waals surface area contributed by atoms with Crippen molar-refractivity contribution in [2.45, 2.75) is 39.2 Å². The van der Waals surface area contributed by atoms with E-state index in [2.05, 4.69) is 15.5 Å². The van der Waals surface area contributed by atoms with E-state index in [-0.39, 0.29) is 11.4 Å². The molecule has 1 heterocycles. The van der Waals surface area contributed by atoms with Gasteiger partial charge >= 0.3 is 0 Å². The lowest BCUT2D eigenvalue weighted by Gasteiger charge is -2.27. The standard InChI is InChI=1S/C10H18N4O/c1-4-10(3,5-2)13-9(15)7-6-12-14-8(7)11/h6H,4-5H2,1-3H3,(H,13,15)(H3,11,12,14). The number of nitrogens with two attached hydrogens (primary N) is 1. The highest BCUT2D eigenvalue weighted by molar-refractivity contribution is 5.98. The second kappa shape index (κ2) is 4.33. The maximum Gasteiger partial charge on any atom is 0.257 e. The highest BCUT2D eigenvalue weighted by Crippen LogP contribution is 2.15. The van der Waals surface area contributed by atoms with Gasteiger partial charge < -0.3 is 11.1 Å². The second-order valence-electron chi connectivity index (χ2n) is 3.92. The monoisotopic (exact) mass is 210 g/mol. The number of nitrogen functional groups attached to an aromatic ring is 1. The Morgan fingerprint density at radius 3 is 2.60 bits per heavy atom. The molecule has 0 bridgehead atoms. The van der Waals surface area contributed by atoms with Crippen molar-refractivity contribution in [2.75, 3.05) is 5.73 Å². The zero-order chi connectivity index (χ0) is 11.5. The van der Waals surface area contributed by atoms with Crippen LogP contribution in [-0.2, 0) is 0 Å². The Bertz CT molecular complexity index is 341. The summed E-state index contributed by atoms with van der Waals surface area (Å²) in [4.78, 5) is 11.8. The normalized spacial score (nSPS) is 11.4. The summed E-state index contributed by atoms with van der Waals surface area (Å²) in [5.41, 5.74) is 5.79. The van der Waals surface area contributed by atoms with Crippen molar-refractivity contribution in [2.24, 2.45) is 0 Å². The molecule has 1 rings (SSSR count). The average molecular weight is 210 g/mol. The number of hydrogen-bond acceptors (Lipinski definition) is 3. The molecule has 15 heavy (non-hydrogen) atoms. The van der Waals surface area contributed by atoms with E-state index in [1.54, 1.807) is 0 Å². The van der Waals surface area contributed by atoms with Gasteiger partial charge in [-0.25, -0.2) is 0 Å². The van der Waals surface area contributed by atoms with Gasteiger partial charge in [0.1, 0.15) is 11.4 Å². The minimum absolute atomic E-state index is 0.174. The topological polar surface area (TPSA) is 83.8 Å². The maximum atomic E-state index is 11.8. The molecule has 5 heteroatoms. The fourth-order valence-corrected chi connectivity index (χ4v) is 1.25. The number of rotatable bonds is 4. The number of amides is 1. The largest absolute Gasteiger partial charge is 0.383 e. The average Bonchev–Trinajstić information content (AvgIpc) is 2.64. The molecular formula is C10H18N4O. The summed E-state index contributed by atoms with van der Waals surface area (Å²) in [5.74, 6) is 0.134. The molecule has 0 atom stereocenters. The van der Waals surface area contributed by atoms with Crippen molar-refractivity contribution in [3.63, 3.8) is 0 Å². The molecule has 0 aliphatic heterocycles. The van der Waals surface area contributed by atoms with Crippen molar-refractivity contribution < 1.29 is 4.79 Å². The van der Waals surface area contributed by atoms with Crippen LogP contribution in [0.1, 0.15) is 44.0 Å². The first kappa shape index (κ1) is 11.6. The predicted octanol–water partition coefficient (Wildman–Crippen LogP) is 1.30. The summed E-state index contributed by atoms with van der Waals surface area (Å²) in [6, 6.07) is 0. The number of carbonyl (C=O) groups excluding carboxylic acids is 1. The van der Waals surface area contributed by atoms with Gasteiger partial charge in [0.25, 0.3) is 5.91 Å². The Morgan fingerprint density at radius 1 is 1.60 bits per heavy atom. The molecule has 0 spiro atoms. The van der Waals surface area contributed by atoms with Crippen LogP contribution in [0, 0.1) is 0 Å². The zero-order valence-corrected chi connectivity index (χ0v) is 9.42. The number of anilines is 1. The molecule has 0 unspecified atom stereocenters. The number of hydrogen-bond donors (Lipinski definition) is 3. The second-order valence-corrected chi connectivity index (χ2v) is 3.92. The number of nitrogens with zero attached hydrogens (tertiary/aromatic N) is 1. The third-order valence-electron chi connectivity index (χ3n) is 2.89. The van der Waals surface area contributed by atoms with Crippen LogP contribution >= 0.6 is 0 Å². The van der Waals surface area contributed by atoms with E-state index in [1.165, 1.54) is 6.20 Å². The maximum absolute atomic E-state index is 11.8. The highest BCUT2D eigenvalue weighted by Gasteiger charge is 2.23. The van der Waals surface area contributed by atoms with Gasteiger partial charge in [0.2, 0.25) is 0 Å². The Kier molecular flexibility index (Phi) is 3.34. The quantitative estimate of drug-likeness (QED) is 0.700. The van der Waals surface area contributed by atoms with Crippen molar-refractivity contribution >= 4 is 11.7 Å². The fourth-order valence-electron chi connectivity index (χ4n) is 1.25. The molecule has 0 saturated heterocycles. The van der Waals surface area contributed by atoms with Gasteiger partial charge in [-0.2, -0.15) is 5.10 Å². The van der Waals surface area contributed by atoms with Crippen LogP contribution in [0.25, 0.3) is 0 Å². The molecule has 4 N–H and O–H groups in total. The number of carbonyl (C=O) groups is 1. The molecular weight excluding hydrogens is 192 g/mol. The predicted molar refractivity (Wildman–Crippen MR) is 59.5 cm³/mol. The van der Waals surface area contributed by atoms with Gasteiger partial charge in [0, 0.05) is 5.54 Å². The minimum atomic E-state index is -0.180. The third kappa shape index (κ3) is 2.49. The molecule has 1 aromatic heterocycles. The lowest BCUT2D eigenvalue weighted by atomic mass is 9.95. The number of aromatic nitrogens is 2. The first-order valence-electron chi connectivity index (χ1n) is 5.13. The molecule has 0 aliphatic rings. The van der Waals surface area contributed by atoms with E-state index in [4.69, 9.17) is 5.73 Å². The number of nitrogens with one attached hydrogen (secondary N) is 2. The lowest BCUT2D eigenvalue weighted by molar-refractivity contribution is 0.0902. The van der Waals surface area contributed by atoms with Crippen molar-refractivity contribution in [3.05, 3.63) is 11.8 Å². The van der Waals surface area contributed by atoms with E-state index < -0.39 is 0 Å². The van der Waals surface area contributed by atoms with E-state index in [9.17, 15) is 4.79 Å². The third-order valence-corrected chi connectivity index (χ3v) is 2.89. The number of aromatic amines is 1. The lowest BCUT2D eigenvalue weighted by Crippen LogP contribution is -2.45. The van der Waals surface area contributed by atoms with Gasteiger partial charge in [0.05, 0.1) is 6.20 Å². The van der Waals surface area contributed by atoms with Crippen LogP contribution in [0.4, 0.5) is 5.82 Å². The Balaban J connectivity index is 2.76. The minimum Gasteiger partial charge on any atom is -0.383 e. The summed E-state index contributed by atoms with van der Waals surface area (Å²) in [6.45, 7) is 6.10.